The molecule has 3 N–H and O–H groups in total. The average molecular weight is 287 g/mol. The highest BCUT2D eigenvalue weighted by Gasteiger charge is 2.22. The fraction of sp³-hybridized carbons (Fsp3) is 0.545. The Morgan fingerprint density at radius 3 is 2.30 bits per heavy atom. The first-order valence-electron chi connectivity index (χ1n) is 6.02. The number of carbonyl (C=O) groups is 3. The molecule has 4 amide bonds. The molecule has 9 nitrogen and oxygen atoms in total. The first-order valence-corrected chi connectivity index (χ1v) is 6.02. The van der Waals surface area contributed by atoms with Gasteiger partial charge < -0.3 is 14.8 Å². The van der Waals surface area contributed by atoms with Crippen molar-refractivity contribution in [2.45, 2.75) is 0 Å². The van der Waals surface area contributed by atoms with Crippen molar-refractivity contribution in [3.05, 3.63) is 12.2 Å². The first kappa shape index (κ1) is 16.1. The van der Waals surface area contributed by atoms with Gasteiger partial charge >= 0.3 is 6.03 Å². The van der Waals surface area contributed by atoms with Gasteiger partial charge in [0.2, 0.25) is 0 Å². The van der Waals surface area contributed by atoms with Crippen LogP contribution < -0.4 is 10.8 Å². The van der Waals surface area contributed by atoms with E-state index in [1.54, 1.807) is 0 Å². The van der Waals surface area contributed by atoms with E-state index in [1.165, 1.54) is 17.6 Å². The molecule has 9 heteroatoms. The molecule has 1 aliphatic heterocycles. The van der Waals surface area contributed by atoms with E-state index in [9.17, 15) is 14.4 Å². The minimum Gasteiger partial charge on any atom is -0.377 e. The van der Waals surface area contributed by atoms with Crippen molar-refractivity contribution in [1.82, 2.24) is 15.7 Å². The van der Waals surface area contributed by atoms with Crippen LogP contribution in [0.25, 0.3) is 0 Å². The summed E-state index contributed by atoms with van der Waals surface area (Å²) in [7, 11) is 0. The Morgan fingerprint density at radius 1 is 1.10 bits per heavy atom. The molecule has 0 radical (unpaired) electrons. The van der Waals surface area contributed by atoms with Gasteiger partial charge in [-0.2, -0.15) is 0 Å². The number of amides is 4. The molecule has 1 aliphatic rings. The molecular formula is C11H17N3O6. The molecule has 0 unspecified atom stereocenters. The summed E-state index contributed by atoms with van der Waals surface area (Å²) in [4.78, 5) is 34.0. The van der Waals surface area contributed by atoms with Crippen LogP contribution in [0.2, 0.25) is 0 Å². The molecule has 112 valence electrons. The summed E-state index contributed by atoms with van der Waals surface area (Å²) in [6, 6.07) is -0.696. The largest absolute Gasteiger partial charge is 0.377 e. The summed E-state index contributed by atoms with van der Waals surface area (Å²) in [5.74, 6) is -0.661. The maximum atomic E-state index is 11.2. The second-order valence-corrected chi connectivity index (χ2v) is 3.75. The minimum absolute atomic E-state index is 0.211. The molecule has 0 saturated heterocycles. The second kappa shape index (κ2) is 9.02. The SMILES string of the molecule is O=C(NO)NCCOCCOCCN1C(=O)C=CC1=O. The lowest BCUT2D eigenvalue weighted by Crippen LogP contribution is -2.35. The topological polar surface area (TPSA) is 117 Å². The van der Waals surface area contributed by atoms with E-state index in [0.29, 0.717) is 13.2 Å². The van der Waals surface area contributed by atoms with Gasteiger partial charge in [0.15, 0.2) is 0 Å². The van der Waals surface area contributed by atoms with E-state index in [1.807, 2.05) is 0 Å². The van der Waals surface area contributed by atoms with Crippen molar-refractivity contribution in [1.29, 1.82) is 0 Å². The molecule has 0 spiro atoms. The third kappa shape index (κ3) is 5.78. The quantitative estimate of drug-likeness (QED) is 0.208. The molecule has 0 fully saturated rings. The molecule has 0 atom stereocenters. The van der Waals surface area contributed by atoms with Crippen molar-refractivity contribution in [2.75, 3.05) is 39.5 Å². The molecule has 0 saturated carbocycles. The highest BCUT2D eigenvalue weighted by molar-refractivity contribution is 6.12. The van der Waals surface area contributed by atoms with E-state index in [0.717, 1.165) is 4.90 Å². The number of hydrogen-bond donors (Lipinski definition) is 3. The van der Waals surface area contributed by atoms with Crippen molar-refractivity contribution in [3.63, 3.8) is 0 Å². The maximum Gasteiger partial charge on any atom is 0.338 e. The van der Waals surface area contributed by atoms with E-state index >= 15 is 0 Å². The van der Waals surface area contributed by atoms with Crippen LogP contribution in [0.4, 0.5) is 4.79 Å². The number of carbonyl (C=O) groups excluding carboxylic acids is 3. The van der Waals surface area contributed by atoms with E-state index < -0.39 is 6.03 Å². The molecular weight excluding hydrogens is 270 g/mol. The number of hydroxylamine groups is 1. The highest BCUT2D eigenvalue weighted by atomic mass is 16.5. The smallest absolute Gasteiger partial charge is 0.338 e. The van der Waals surface area contributed by atoms with E-state index in [2.05, 4.69) is 5.32 Å². The molecule has 0 aromatic heterocycles. The van der Waals surface area contributed by atoms with Crippen molar-refractivity contribution in [3.8, 4) is 0 Å². The van der Waals surface area contributed by atoms with Crippen molar-refractivity contribution < 1.29 is 29.1 Å². The molecule has 1 heterocycles. The summed E-state index contributed by atoms with van der Waals surface area (Å²) >= 11 is 0. The predicted molar refractivity (Wildman–Crippen MR) is 65.8 cm³/mol. The number of hydrogen-bond acceptors (Lipinski definition) is 6. The second-order valence-electron chi connectivity index (χ2n) is 3.75. The Hall–Kier alpha value is -1.97. The molecule has 0 aromatic rings. The third-order valence-corrected chi connectivity index (χ3v) is 2.37. The van der Waals surface area contributed by atoms with Gasteiger partial charge in [0.05, 0.1) is 33.0 Å². The zero-order chi connectivity index (χ0) is 14.8. The van der Waals surface area contributed by atoms with Crippen LogP contribution in [-0.2, 0) is 19.1 Å². The number of imide groups is 1. The third-order valence-electron chi connectivity index (χ3n) is 2.37. The van der Waals surface area contributed by atoms with Gasteiger partial charge in [0.25, 0.3) is 11.8 Å². The fourth-order valence-electron chi connectivity index (χ4n) is 1.41. The van der Waals surface area contributed by atoms with Crippen molar-refractivity contribution >= 4 is 17.8 Å². The van der Waals surface area contributed by atoms with Gasteiger partial charge in [0, 0.05) is 18.7 Å². The Kier molecular flexibility index (Phi) is 7.25. The lowest BCUT2D eigenvalue weighted by Gasteiger charge is -2.13. The number of nitrogens with zero attached hydrogens (tertiary/aromatic N) is 1. The van der Waals surface area contributed by atoms with Gasteiger partial charge in [-0.15, -0.1) is 0 Å². The summed E-state index contributed by atoms with van der Waals surface area (Å²) in [5.41, 5.74) is 1.42. The van der Waals surface area contributed by atoms with Crippen LogP contribution in [0.3, 0.4) is 0 Å². The number of rotatable bonds is 9. The van der Waals surface area contributed by atoms with Crippen LogP contribution in [0.5, 0.6) is 0 Å². The standard InChI is InChI=1S/C11H17N3O6/c15-9-1-2-10(16)14(9)4-6-20-8-7-19-5-3-12-11(17)13-18/h1-2,18H,3-8H2,(H2,12,13,17). The summed E-state index contributed by atoms with van der Waals surface area (Å²) in [5, 5.41) is 10.5. The zero-order valence-corrected chi connectivity index (χ0v) is 10.8. The summed E-state index contributed by atoms with van der Waals surface area (Å²) < 4.78 is 10.3. The molecule has 0 aromatic carbocycles. The van der Waals surface area contributed by atoms with Crippen LogP contribution >= 0.6 is 0 Å². The Bertz CT molecular complexity index is 366. The monoisotopic (exact) mass is 287 g/mol. The Balaban J connectivity index is 1.89. The normalized spacial score (nSPS) is 13.9. The van der Waals surface area contributed by atoms with Gasteiger partial charge in [-0.3, -0.25) is 19.7 Å². The van der Waals surface area contributed by atoms with Crippen LogP contribution in [0.15, 0.2) is 12.2 Å². The molecule has 0 bridgehead atoms. The minimum atomic E-state index is -0.696. The van der Waals surface area contributed by atoms with Gasteiger partial charge in [-0.1, -0.05) is 0 Å². The predicted octanol–water partition coefficient (Wildman–Crippen LogP) is -1.37. The van der Waals surface area contributed by atoms with Gasteiger partial charge in [0.1, 0.15) is 0 Å². The van der Waals surface area contributed by atoms with E-state index in [-0.39, 0.29) is 38.1 Å². The first-order chi connectivity index (χ1) is 9.65. The number of ether oxygens (including phenoxy) is 2. The molecule has 20 heavy (non-hydrogen) atoms. The zero-order valence-electron chi connectivity index (χ0n) is 10.8. The summed E-state index contributed by atoms with van der Waals surface area (Å²) in [6.45, 7) is 1.63. The average Bonchev–Trinajstić information content (AvgIpc) is 2.76. The number of urea groups is 1. The fourth-order valence-corrected chi connectivity index (χ4v) is 1.41. The molecule has 1 rings (SSSR count). The van der Waals surface area contributed by atoms with Gasteiger partial charge in [-0.25, -0.2) is 10.3 Å². The van der Waals surface area contributed by atoms with Crippen LogP contribution in [0, 0.1) is 0 Å². The van der Waals surface area contributed by atoms with Crippen LogP contribution in [-0.4, -0.2) is 67.5 Å². The van der Waals surface area contributed by atoms with E-state index in [4.69, 9.17) is 14.7 Å². The number of nitrogens with one attached hydrogen (secondary N) is 2. The van der Waals surface area contributed by atoms with Crippen molar-refractivity contribution in [2.24, 2.45) is 0 Å². The Labute approximate surface area is 115 Å². The van der Waals surface area contributed by atoms with Crippen LogP contribution in [0.1, 0.15) is 0 Å². The maximum absolute atomic E-state index is 11.2. The Morgan fingerprint density at radius 2 is 1.70 bits per heavy atom. The lowest BCUT2D eigenvalue weighted by atomic mass is 10.5. The summed E-state index contributed by atoms with van der Waals surface area (Å²) in [6.07, 6.45) is 2.45. The molecule has 0 aliphatic carbocycles. The highest BCUT2D eigenvalue weighted by Crippen LogP contribution is 2.02. The van der Waals surface area contributed by atoms with Gasteiger partial charge in [-0.05, 0) is 0 Å². The lowest BCUT2D eigenvalue weighted by molar-refractivity contribution is -0.137.